The number of pyridine rings is 1. The smallest absolute Gasteiger partial charge is 0.124 e. The average molecular weight is 237 g/mol. The highest BCUT2D eigenvalue weighted by Crippen LogP contribution is 2.14. The molecular formula is C14H11N3O. The summed E-state index contributed by atoms with van der Waals surface area (Å²) in [6.07, 6.45) is 5.04. The number of nitrogens with zero attached hydrogens (tertiary/aromatic N) is 2. The lowest BCUT2D eigenvalue weighted by molar-refractivity contribution is 0.475. The fourth-order valence-electron chi connectivity index (χ4n) is 1.48. The summed E-state index contributed by atoms with van der Waals surface area (Å²) in [5, 5.41) is 26.1. The highest BCUT2D eigenvalue weighted by atomic mass is 16.3. The lowest BCUT2D eigenvalue weighted by atomic mass is 10.2. The molecule has 2 aromatic rings. The summed E-state index contributed by atoms with van der Waals surface area (Å²) in [4.78, 5) is 0. The van der Waals surface area contributed by atoms with Crippen LogP contribution in [0.3, 0.4) is 0 Å². The number of aromatic nitrogens is 1. The van der Waals surface area contributed by atoms with E-state index in [1.54, 1.807) is 59.4 Å². The Balaban J connectivity index is 2.40. The number of aromatic hydroxyl groups is 1. The molecule has 1 aromatic carbocycles. The Morgan fingerprint density at radius 2 is 1.78 bits per heavy atom. The van der Waals surface area contributed by atoms with Crippen LogP contribution < -0.4 is 5.36 Å². The predicted molar refractivity (Wildman–Crippen MR) is 68.2 cm³/mol. The van der Waals surface area contributed by atoms with E-state index < -0.39 is 0 Å². The normalized spacial score (nSPS) is 10.9. The Hall–Kier alpha value is -2.80. The number of allylic oxidation sites excluding steroid dienone is 1. The summed E-state index contributed by atoms with van der Waals surface area (Å²) in [5.74, 6) is 0.192. The van der Waals surface area contributed by atoms with E-state index in [0.29, 0.717) is 11.1 Å². The van der Waals surface area contributed by atoms with Crippen molar-refractivity contribution in [1.29, 1.82) is 10.7 Å². The van der Waals surface area contributed by atoms with Gasteiger partial charge in [0.1, 0.15) is 17.5 Å². The summed E-state index contributed by atoms with van der Waals surface area (Å²) < 4.78 is 1.64. The molecule has 0 radical (unpaired) electrons. The second kappa shape index (κ2) is 5.02. The monoisotopic (exact) mass is 237 g/mol. The summed E-state index contributed by atoms with van der Waals surface area (Å²) in [7, 11) is 0. The molecule has 2 rings (SSSR count). The molecular weight excluding hydrogens is 226 g/mol. The van der Waals surface area contributed by atoms with E-state index in [0.717, 1.165) is 5.56 Å². The molecule has 0 spiro atoms. The van der Waals surface area contributed by atoms with Crippen LogP contribution in [0.1, 0.15) is 5.56 Å². The molecule has 0 bridgehead atoms. The van der Waals surface area contributed by atoms with Crippen LogP contribution >= 0.6 is 0 Å². The van der Waals surface area contributed by atoms with Gasteiger partial charge in [0.25, 0.3) is 0 Å². The van der Waals surface area contributed by atoms with Gasteiger partial charge in [-0.15, -0.1) is 0 Å². The number of phenolic OH excluding ortho intramolecular Hbond substituents is 1. The first-order chi connectivity index (χ1) is 8.69. The lowest BCUT2D eigenvalue weighted by Gasteiger charge is -2.03. The average Bonchev–Trinajstić information content (AvgIpc) is 2.39. The van der Waals surface area contributed by atoms with Crippen molar-refractivity contribution in [3.8, 4) is 11.8 Å². The van der Waals surface area contributed by atoms with Gasteiger partial charge in [-0.3, -0.25) is 0 Å². The molecule has 4 nitrogen and oxygen atoms in total. The second-order valence-corrected chi connectivity index (χ2v) is 3.73. The van der Waals surface area contributed by atoms with Crippen molar-refractivity contribution in [3.63, 3.8) is 0 Å². The molecule has 0 aliphatic carbocycles. The molecule has 18 heavy (non-hydrogen) atoms. The first-order valence-corrected chi connectivity index (χ1v) is 5.33. The third-order valence-corrected chi connectivity index (χ3v) is 2.42. The number of rotatable bonds is 2. The molecule has 1 aromatic heterocycles. The van der Waals surface area contributed by atoms with Crippen LogP contribution in [0.2, 0.25) is 0 Å². The largest absolute Gasteiger partial charge is 0.508 e. The van der Waals surface area contributed by atoms with E-state index in [9.17, 15) is 5.11 Å². The van der Waals surface area contributed by atoms with Gasteiger partial charge in [-0.2, -0.15) is 5.26 Å². The molecule has 88 valence electrons. The molecule has 4 heteroatoms. The summed E-state index contributed by atoms with van der Waals surface area (Å²) in [6, 6.07) is 11.9. The highest BCUT2D eigenvalue weighted by molar-refractivity contribution is 5.79. The van der Waals surface area contributed by atoms with Gasteiger partial charge in [-0.05, 0) is 35.9 Å². The first kappa shape index (κ1) is 11.7. The fourth-order valence-corrected chi connectivity index (χ4v) is 1.48. The molecule has 0 aliphatic rings. The molecule has 1 heterocycles. The van der Waals surface area contributed by atoms with Crippen LogP contribution in [-0.4, -0.2) is 9.67 Å². The maximum atomic E-state index is 9.18. The summed E-state index contributed by atoms with van der Waals surface area (Å²) in [6.45, 7) is 0. The number of phenols is 1. The van der Waals surface area contributed by atoms with E-state index in [-0.39, 0.29) is 5.75 Å². The van der Waals surface area contributed by atoms with Crippen LogP contribution in [0.25, 0.3) is 11.8 Å². The molecule has 0 fully saturated rings. The predicted octanol–water partition coefficient (Wildman–Crippen LogP) is 2.19. The van der Waals surface area contributed by atoms with Gasteiger partial charge >= 0.3 is 0 Å². The van der Waals surface area contributed by atoms with Crippen molar-refractivity contribution in [2.24, 2.45) is 0 Å². The van der Waals surface area contributed by atoms with Gasteiger partial charge in [0.2, 0.25) is 0 Å². The van der Waals surface area contributed by atoms with Crippen molar-refractivity contribution in [3.05, 3.63) is 59.7 Å². The van der Waals surface area contributed by atoms with Crippen LogP contribution in [-0.2, 0) is 0 Å². The molecule has 0 amide bonds. The minimum Gasteiger partial charge on any atom is -0.508 e. The standard InChI is InChI=1S/C14H11N3O/c15-10-13(17-7-5-12(16)6-8-17)9-11-1-3-14(18)4-2-11/h1-9,16,18H/b13-9+. The van der Waals surface area contributed by atoms with Gasteiger partial charge in [0.05, 0.1) is 5.36 Å². The number of hydrogen-bond acceptors (Lipinski definition) is 3. The van der Waals surface area contributed by atoms with Crippen LogP contribution in [0.15, 0.2) is 48.8 Å². The number of nitrogens with one attached hydrogen (secondary N) is 1. The maximum absolute atomic E-state index is 9.18. The second-order valence-electron chi connectivity index (χ2n) is 3.73. The van der Waals surface area contributed by atoms with Crippen molar-refractivity contribution in [2.75, 3.05) is 0 Å². The van der Waals surface area contributed by atoms with Crippen molar-refractivity contribution in [1.82, 2.24) is 4.57 Å². The van der Waals surface area contributed by atoms with Gasteiger partial charge in [0.15, 0.2) is 0 Å². The Morgan fingerprint density at radius 1 is 1.17 bits per heavy atom. The minimum absolute atomic E-state index is 0.192. The Morgan fingerprint density at radius 3 is 2.33 bits per heavy atom. The van der Waals surface area contributed by atoms with Gasteiger partial charge in [-0.1, -0.05) is 12.1 Å². The van der Waals surface area contributed by atoms with E-state index in [4.69, 9.17) is 10.7 Å². The van der Waals surface area contributed by atoms with Crippen LogP contribution in [0.5, 0.6) is 5.75 Å². The zero-order valence-corrected chi connectivity index (χ0v) is 9.54. The molecule has 0 unspecified atom stereocenters. The fraction of sp³-hybridized carbons (Fsp3) is 0. The Kier molecular flexibility index (Phi) is 3.26. The zero-order valence-electron chi connectivity index (χ0n) is 9.54. The van der Waals surface area contributed by atoms with Crippen molar-refractivity contribution in [2.45, 2.75) is 0 Å². The number of hydrogen-bond donors (Lipinski definition) is 2. The van der Waals surface area contributed by atoms with E-state index in [1.807, 2.05) is 0 Å². The van der Waals surface area contributed by atoms with Crippen molar-refractivity contribution < 1.29 is 5.11 Å². The number of nitriles is 1. The minimum atomic E-state index is 0.192. The maximum Gasteiger partial charge on any atom is 0.124 e. The highest BCUT2D eigenvalue weighted by Gasteiger charge is 1.98. The molecule has 0 aliphatic heterocycles. The molecule has 0 saturated heterocycles. The van der Waals surface area contributed by atoms with Crippen LogP contribution in [0, 0.1) is 16.7 Å². The third-order valence-electron chi connectivity index (χ3n) is 2.42. The van der Waals surface area contributed by atoms with E-state index in [2.05, 4.69) is 6.07 Å². The van der Waals surface area contributed by atoms with Crippen LogP contribution in [0.4, 0.5) is 0 Å². The quantitative estimate of drug-likeness (QED) is 0.786. The van der Waals surface area contributed by atoms with E-state index >= 15 is 0 Å². The lowest BCUT2D eigenvalue weighted by Crippen LogP contribution is -2.02. The van der Waals surface area contributed by atoms with E-state index in [1.165, 1.54) is 0 Å². The first-order valence-electron chi connectivity index (χ1n) is 5.33. The molecule has 0 atom stereocenters. The summed E-state index contributed by atoms with van der Waals surface area (Å²) >= 11 is 0. The van der Waals surface area contributed by atoms with Gasteiger partial charge in [-0.25, -0.2) is 0 Å². The number of benzene rings is 1. The Bertz CT molecular complexity index is 655. The third kappa shape index (κ3) is 2.66. The SMILES string of the molecule is N#C/C(=C\c1ccc(O)cc1)n1ccc(=N)cc1. The van der Waals surface area contributed by atoms with Gasteiger partial charge < -0.3 is 15.1 Å². The van der Waals surface area contributed by atoms with Crippen molar-refractivity contribution >= 4 is 11.8 Å². The topological polar surface area (TPSA) is 72.8 Å². The molecule has 2 N–H and O–H groups in total. The Labute approximate surface area is 104 Å². The molecule has 0 saturated carbocycles. The van der Waals surface area contributed by atoms with Gasteiger partial charge in [0, 0.05) is 12.4 Å². The zero-order chi connectivity index (χ0) is 13.0. The summed E-state index contributed by atoms with van der Waals surface area (Å²) in [5.41, 5.74) is 1.27.